The van der Waals surface area contributed by atoms with Crippen molar-refractivity contribution in [2.75, 3.05) is 6.54 Å². The van der Waals surface area contributed by atoms with Crippen molar-refractivity contribution in [2.45, 2.75) is 32.7 Å². The quantitative estimate of drug-likeness (QED) is 0.822. The lowest BCUT2D eigenvalue weighted by molar-refractivity contribution is 0.532. The smallest absolute Gasteiger partial charge is 0.0708 e. The van der Waals surface area contributed by atoms with Gasteiger partial charge in [-0.3, -0.25) is 4.98 Å². The zero-order chi connectivity index (χ0) is 13.7. The van der Waals surface area contributed by atoms with E-state index >= 15 is 0 Å². The minimum Gasteiger partial charge on any atom is -0.308 e. The van der Waals surface area contributed by atoms with Gasteiger partial charge in [-0.1, -0.05) is 25.1 Å². The summed E-state index contributed by atoms with van der Waals surface area (Å²) in [5.41, 5.74) is 3.33. The summed E-state index contributed by atoms with van der Waals surface area (Å²) in [5, 5.41) is 4.68. The molecule has 2 nitrogen and oxygen atoms in total. The molecule has 0 fully saturated rings. The average Bonchev–Trinajstić information content (AvgIpc) is 2.43. The number of aryl methyl sites for hydroxylation is 1. The summed E-state index contributed by atoms with van der Waals surface area (Å²) in [7, 11) is 0. The number of aromatic nitrogens is 1. The fourth-order valence-corrected chi connectivity index (χ4v) is 2.27. The lowest BCUT2D eigenvalue weighted by Crippen LogP contribution is -2.22. The van der Waals surface area contributed by atoms with E-state index in [4.69, 9.17) is 11.4 Å². The molecular formula is C17H20N2. The molecule has 1 N–H and O–H groups in total. The number of fused-ring (bicyclic) bond motifs is 1. The van der Waals surface area contributed by atoms with Gasteiger partial charge in [0.25, 0.3) is 0 Å². The molecule has 2 heteroatoms. The standard InChI is InChI=1S/C17H20N2/c1-4-8-16(18-11-5-2)17-12-13(3)14-9-6-7-10-15(14)19-17/h1,6-7,9-10,12,16,18H,5,8,11H2,2-3H3. The van der Waals surface area contributed by atoms with E-state index in [1.54, 1.807) is 0 Å². The van der Waals surface area contributed by atoms with Crippen molar-refractivity contribution in [3.05, 3.63) is 41.6 Å². The zero-order valence-electron chi connectivity index (χ0n) is 11.6. The van der Waals surface area contributed by atoms with Crippen LogP contribution in [0.3, 0.4) is 0 Å². The van der Waals surface area contributed by atoms with E-state index in [-0.39, 0.29) is 6.04 Å². The van der Waals surface area contributed by atoms with Crippen LogP contribution in [-0.4, -0.2) is 11.5 Å². The van der Waals surface area contributed by atoms with Crippen molar-refractivity contribution in [2.24, 2.45) is 0 Å². The van der Waals surface area contributed by atoms with Gasteiger partial charge in [-0.25, -0.2) is 0 Å². The Labute approximate surface area is 115 Å². The van der Waals surface area contributed by atoms with Crippen LogP contribution in [0.15, 0.2) is 30.3 Å². The first-order valence-electron chi connectivity index (χ1n) is 6.79. The van der Waals surface area contributed by atoms with E-state index in [2.05, 4.69) is 43.3 Å². The topological polar surface area (TPSA) is 24.9 Å². The first kappa shape index (κ1) is 13.6. The van der Waals surface area contributed by atoms with Crippen molar-refractivity contribution in [3.63, 3.8) is 0 Å². The van der Waals surface area contributed by atoms with Gasteiger partial charge in [0.05, 0.1) is 17.3 Å². The van der Waals surface area contributed by atoms with Crippen LogP contribution >= 0.6 is 0 Å². The number of hydrogen-bond acceptors (Lipinski definition) is 2. The molecule has 0 amide bonds. The molecule has 0 bridgehead atoms. The summed E-state index contributed by atoms with van der Waals surface area (Å²) in [6.07, 6.45) is 7.23. The van der Waals surface area contributed by atoms with Gasteiger partial charge >= 0.3 is 0 Å². The maximum absolute atomic E-state index is 5.47. The zero-order valence-corrected chi connectivity index (χ0v) is 11.6. The molecule has 1 aromatic heterocycles. The Morgan fingerprint density at radius 2 is 2.16 bits per heavy atom. The van der Waals surface area contributed by atoms with Crippen LogP contribution in [0.2, 0.25) is 0 Å². The summed E-state index contributed by atoms with van der Waals surface area (Å²) in [4.78, 5) is 4.75. The minimum atomic E-state index is 0.147. The number of nitrogens with zero attached hydrogens (tertiary/aromatic N) is 1. The number of pyridine rings is 1. The molecule has 0 aliphatic rings. The molecule has 0 radical (unpaired) electrons. The lowest BCUT2D eigenvalue weighted by atomic mass is 10.0. The largest absolute Gasteiger partial charge is 0.308 e. The molecule has 0 saturated carbocycles. The molecule has 98 valence electrons. The molecule has 0 aliphatic carbocycles. The second-order valence-electron chi connectivity index (χ2n) is 4.80. The third-order valence-corrected chi connectivity index (χ3v) is 3.26. The van der Waals surface area contributed by atoms with Crippen LogP contribution in [0.1, 0.15) is 37.1 Å². The first-order chi connectivity index (χ1) is 9.26. The average molecular weight is 252 g/mol. The predicted molar refractivity (Wildman–Crippen MR) is 81.0 cm³/mol. The Hall–Kier alpha value is -1.85. The molecule has 1 aromatic carbocycles. The van der Waals surface area contributed by atoms with E-state index in [9.17, 15) is 0 Å². The van der Waals surface area contributed by atoms with Gasteiger partial charge in [0.1, 0.15) is 0 Å². The second-order valence-corrected chi connectivity index (χ2v) is 4.80. The van der Waals surface area contributed by atoms with E-state index < -0.39 is 0 Å². The minimum absolute atomic E-state index is 0.147. The van der Waals surface area contributed by atoms with Gasteiger partial charge < -0.3 is 5.32 Å². The lowest BCUT2D eigenvalue weighted by Gasteiger charge is -2.17. The monoisotopic (exact) mass is 252 g/mol. The summed E-state index contributed by atoms with van der Waals surface area (Å²) in [5.74, 6) is 2.74. The van der Waals surface area contributed by atoms with E-state index in [1.165, 1.54) is 10.9 Å². The summed E-state index contributed by atoms with van der Waals surface area (Å²) < 4.78 is 0. The summed E-state index contributed by atoms with van der Waals surface area (Å²) in [6, 6.07) is 10.5. The number of terminal acetylenes is 1. The van der Waals surface area contributed by atoms with Gasteiger partial charge in [-0.05, 0) is 37.6 Å². The Morgan fingerprint density at radius 1 is 1.37 bits per heavy atom. The van der Waals surface area contributed by atoms with Crippen molar-refractivity contribution >= 4 is 10.9 Å². The van der Waals surface area contributed by atoms with Crippen LogP contribution in [0.25, 0.3) is 10.9 Å². The van der Waals surface area contributed by atoms with Gasteiger partial charge in [0, 0.05) is 11.8 Å². The van der Waals surface area contributed by atoms with E-state index in [1.807, 2.05) is 12.1 Å². The van der Waals surface area contributed by atoms with Gasteiger partial charge in [-0.15, -0.1) is 12.3 Å². The van der Waals surface area contributed by atoms with Crippen LogP contribution < -0.4 is 5.32 Å². The van der Waals surface area contributed by atoms with Crippen LogP contribution in [0.4, 0.5) is 0 Å². The van der Waals surface area contributed by atoms with Crippen molar-refractivity contribution in [1.29, 1.82) is 0 Å². The van der Waals surface area contributed by atoms with E-state index in [0.29, 0.717) is 6.42 Å². The second kappa shape index (κ2) is 6.36. The molecule has 1 heterocycles. The fourth-order valence-electron chi connectivity index (χ4n) is 2.27. The highest BCUT2D eigenvalue weighted by molar-refractivity contribution is 5.82. The van der Waals surface area contributed by atoms with Crippen LogP contribution in [-0.2, 0) is 0 Å². The Bertz CT molecular complexity index is 596. The molecule has 0 saturated heterocycles. The molecule has 1 unspecified atom stereocenters. The molecule has 19 heavy (non-hydrogen) atoms. The number of hydrogen-bond donors (Lipinski definition) is 1. The predicted octanol–water partition coefficient (Wildman–Crippen LogP) is 3.61. The Morgan fingerprint density at radius 3 is 2.89 bits per heavy atom. The number of benzene rings is 1. The SMILES string of the molecule is C#CCC(NCCC)c1cc(C)c2ccccc2n1. The molecule has 0 aliphatic heterocycles. The Balaban J connectivity index is 2.39. The fraction of sp³-hybridized carbons (Fsp3) is 0.353. The van der Waals surface area contributed by atoms with Crippen LogP contribution in [0, 0.1) is 19.3 Å². The number of para-hydroxylation sites is 1. The van der Waals surface area contributed by atoms with Crippen molar-refractivity contribution in [3.8, 4) is 12.3 Å². The van der Waals surface area contributed by atoms with Gasteiger partial charge in [0.2, 0.25) is 0 Å². The highest BCUT2D eigenvalue weighted by Crippen LogP contribution is 2.22. The van der Waals surface area contributed by atoms with Crippen molar-refractivity contribution < 1.29 is 0 Å². The number of rotatable bonds is 5. The molecule has 1 atom stereocenters. The third kappa shape index (κ3) is 3.13. The van der Waals surface area contributed by atoms with Crippen molar-refractivity contribution in [1.82, 2.24) is 10.3 Å². The molecular weight excluding hydrogens is 232 g/mol. The first-order valence-corrected chi connectivity index (χ1v) is 6.79. The third-order valence-electron chi connectivity index (χ3n) is 3.26. The van der Waals surface area contributed by atoms with E-state index in [0.717, 1.165) is 24.2 Å². The van der Waals surface area contributed by atoms with Gasteiger partial charge in [-0.2, -0.15) is 0 Å². The highest BCUT2D eigenvalue weighted by Gasteiger charge is 2.12. The maximum atomic E-state index is 5.47. The molecule has 0 spiro atoms. The van der Waals surface area contributed by atoms with Crippen LogP contribution in [0.5, 0.6) is 0 Å². The summed E-state index contributed by atoms with van der Waals surface area (Å²) >= 11 is 0. The maximum Gasteiger partial charge on any atom is 0.0708 e. The summed E-state index contributed by atoms with van der Waals surface area (Å²) in [6.45, 7) is 5.24. The molecule has 2 aromatic rings. The highest BCUT2D eigenvalue weighted by atomic mass is 14.9. The molecule has 2 rings (SSSR count). The Kier molecular flexibility index (Phi) is 4.54. The number of nitrogens with one attached hydrogen (secondary N) is 1. The normalized spacial score (nSPS) is 12.3. The van der Waals surface area contributed by atoms with Gasteiger partial charge in [0.15, 0.2) is 0 Å².